The first-order chi connectivity index (χ1) is 44.6. The van der Waals surface area contributed by atoms with Gasteiger partial charge in [0.05, 0.1) is 171 Å². The quantitative estimate of drug-likeness (QED) is 0.0279. The van der Waals surface area contributed by atoms with Crippen molar-refractivity contribution in [3.8, 4) is 5.75 Å². The van der Waals surface area contributed by atoms with Crippen LogP contribution < -0.4 is 51.3 Å². The van der Waals surface area contributed by atoms with Gasteiger partial charge in [-0.3, -0.25) is 43.2 Å². The van der Waals surface area contributed by atoms with Crippen molar-refractivity contribution in [3.63, 3.8) is 0 Å². The van der Waals surface area contributed by atoms with E-state index in [9.17, 15) is 104 Å². The molecule has 1 heterocycles. The first-order valence-corrected chi connectivity index (χ1v) is 36.4. The molecule has 0 aromatic heterocycles. The third kappa shape index (κ3) is 23.5. The number of nitrogens with one attached hydrogen (secondary N) is 6. The highest BCUT2D eigenvalue weighted by Crippen LogP contribution is 2.46. The number of hydrogen-bond donors (Lipinski definition) is 20. The fourth-order valence-electron chi connectivity index (χ4n) is 8.28. The number of carbonyl (C=O) groups excluding carboxylic acids is 9. The largest absolute Gasteiger partial charge is 0.484 e. The number of aliphatic hydroxyl groups is 14. The summed E-state index contributed by atoms with van der Waals surface area (Å²) in [5.41, 5.74) is -0.290. The minimum absolute atomic E-state index is 0.00586. The van der Waals surface area contributed by atoms with Gasteiger partial charge in [0.2, 0.25) is 17.7 Å². The number of nitrogens with zero attached hydrogens (tertiary/aromatic N) is 3. The van der Waals surface area contributed by atoms with Gasteiger partial charge in [0.1, 0.15) is 11.8 Å². The van der Waals surface area contributed by atoms with E-state index in [1.165, 1.54) is 30.6 Å². The normalized spacial score (nSPS) is 14.8. The summed E-state index contributed by atoms with van der Waals surface area (Å²) in [6.07, 6.45) is -10.2. The van der Waals surface area contributed by atoms with Crippen molar-refractivity contribution in [2.45, 2.75) is 69.6 Å². The zero-order chi connectivity index (χ0) is 72.2. The van der Waals surface area contributed by atoms with Gasteiger partial charge in [0.25, 0.3) is 35.4 Å². The average Bonchev–Trinajstić information content (AvgIpc) is 0.755. The molecule has 0 radical (unpaired) electrons. The molecule has 1 aliphatic rings. The molecule has 20 N–H and O–H groups in total. The second kappa shape index (κ2) is 41.8. The van der Waals surface area contributed by atoms with E-state index in [0.717, 1.165) is 4.90 Å². The molecule has 0 fully saturated rings. The Morgan fingerprint density at radius 2 is 0.653 bits per heavy atom. The second-order valence-corrected chi connectivity index (χ2v) is 29.0. The van der Waals surface area contributed by atoms with E-state index in [4.69, 9.17) is 14.9 Å². The van der Waals surface area contributed by atoms with Gasteiger partial charge in [-0.05, 0) is 181 Å². The number of hydrogen-bond acceptors (Lipinski definition) is 24. The van der Waals surface area contributed by atoms with Crippen LogP contribution in [0.25, 0.3) is 0 Å². The number of aliphatic hydroxyl groups excluding tert-OH is 14. The van der Waals surface area contributed by atoms with Crippen LogP contribution in [0.3, 0.4) is 0 Å². The van der Waals surface area contributed by atoms with Gasteiger partial charge in [0, 0.05) is 70.8 Å². The van der Waals surface area contributed by atoms with E-state index < -0.39 is 155 Å². The highest BCUT2D eigenvalue weighted by atomic mass is 127. The molecule has 1 aliphatic heterocycles. The summed E-state index contributed by atoms with van der Waals surface area (Å²) in [5, 5.41) is 148. The van der Waals surface area contributed by atoms with E-state index in [1.807, 2.05) is 113 Å². The first-order valence-electron chi connectivity index (χ1n) is 27.8. The lowest BCUT2D eigenvalue weighted by Gasteiger charge is -2.39. The lowest BCUT2D eigenvalue weighted by molar-refractivity contribution is -0.118. The minimum atomic E-state index is -1.37. The van der Waals surface area contributed by atoms with E-state index in [1.54, 1.807) is 67.8 Å². The summed E-state index contributed by atoms with van der Waals surface area (Å²) < 4.78 is 7.87. The highest BCUT2D eigenvalue weighted by molar-refractivity contribution is 14.1. The zero-order valence-corrected chi connectivity index (χ0v) is 67.4. The lowest BCUT2D eigenvalue weighted by atomic mass is 10.0. The average molecular weight is 2240 g/mol. The maximum absolute atomic E-state index is 13.9. The smallest absolute Gasteiger partial charge is 0.256 e. The summed E-state index contributed by atoms with van der Waals surface area (Å²) >= 11 is 14.4. The predicted octanol–water partition coefficient (Wildman–Crippen LogP) is -3.42. The Balaban J connectivity index is 0.000000585. The van der Waals surface area contributed by atoms with Crippen molar-refractivity contribution in [3.05, 3.63) is 61.9 Å². The molecule has 0 spiro atoms. The van der Waals surface area contributed by atoms with Crippen LogP contribution in [-0.2, 0) is 14.4 Å². The topological polar surface area (TPSA) is 528 Å². The third-order valence-corrected chi connectivity index (χ3v) is 21.6. The number of amides is 9. The Morgan fingerprint density at radius 1 is 0.400 bits per heavy atom. The number of carbonyl (C=O) groups is 9. The molecule has 33 nitrogen and oxygen atoms in total. The number of halogens is 8. The standard InChI is InChI=1S/C35H43I5N6O15.C19H26I3N3O9/c1-13(51)45(29-26(38)20(32(57)41-3-15(53)9-47)24(36)21(27(29)39)33(58)42-4-16(54)10-48)7-19-8-46(14(2)52)30-28(40)22(34(59)43-5-17(55)11-49)25(37)23(31(30)61-19)35(60)44-6-18(56)12-50;1-8(29)25(4-11(32)7-28)17-15(21)12(18(33)23-2-9(30)5-26)14(20)13(16(17)22)19(34)24-3-10(31)6-27/h15-19,47-50,53-56H,3-12H2,1-2H3,(H,41,57)(H,42,58)(H,43,59)(H,44,60);9-11,26-28,30-32H,2-7H2,1H3,(H,23,33)(H,24,34). The fraction of sp³-hybridized carbons (Fsp3) is 0.500. The van der Waals surface area contributed by atoms with Crippen molar-refractivity contribution in [2.75, 3.05) is 120 Å². The van der Waals surface area contributed by atoms with Gasteiger partial charge in [-0.15, -0.1) is 0 Å². The van der Waals surface area contributed by atoms with Crippen molar-refractivity contribution in [1.29, 1.82) is 0 Å². The summed E-state index contributed by atoms with van der Waals surface area (Å²) in [7, 11) is 0. The SMILES string of the molecule is CC(=O)N(CC(O)CO)c1c(I)c(C(=O)NCC(O)CO)c(I)c(C(=O)NCC(O)CO)c1I.CC(=O)N(CC1CN(C(C)=O)c2c(I)c(C(=O)NCC(O)CO)c(I)c(C(=O)NCC(O)CO)c2O1)c1c(I)c(C(=O)NCC(O)CO)c(I)c(C(=O)NCC(O)CO)c1I. The van der Waals surface area contributed by atoms with Gasteiger partial charge in [-0.2, -0.15) is 0 Å². The van der Waals surface area contributed by atoms with Crippen molar-refractivity contribution in [1.82, 2.24) is 31.9 Å². The molecule has 0 saturated heterocycles. The lowest BCUT2D eigenvalue weighted by Crippen LogP contribution is -2.50. The first kappa shape index (κ1) is 87.2. The number of rotatable bonds is 31. The van der Waals surface area contributed by atoms with Crippen molar-refractivity contribution < 1.29 is 119 Å². The Hall–Kier alpha value is -2.03. The van der Waals surface area contributed by atoms with Crippen LogP contribution in [0.1, 0.15) is 82.9 Å². The number of anilines is 3. The van der Waals surface area contributed by atoms with Gasteiger partial charge in [-0.1, -0.05) is 0 Å². The fourth-order valence-corrected chi connectivity index (χ4v) is 20.3. The Labute approximate surface area is 651 Å². The van der Waals surface area contributed by atoms with Crippen LogP contribution in [0.5, 0.6) is 5.75 Å². The summed E-state index contributed by atoms with van der Waals surface area (Å²) in [5.74, 6) is -6.50. The van der Waals surface area contributed by atoms with Crippen molar-refractivity contribution in [2.24, 2.45) is 0 Å². The molecule has 9 amide bonds. The van der Waals surface area contributed by atoms with Crippen LogP contribution in [0, 0.1) is 28.6 Å². The monoisotopic (exact) mass is 2240 g/mol. The third-order valence-electron chi connectivity index (χ3n) is 13.1. The molecule has 3 aromatic carbocycles. The molecular weight excluding hydrogens is 2170 g/mol. The van der Waals surface area contributed by atoms with Crippen LogP contribution in [0.4, 0.5) is 17.1 Å². The van der Waals surface area contributed by atoms with Crippen molar-refractivity contribution >= 4 is 251 Å². The molecule has 95 heavy (non-hydrogen) atoms. The van der Waals surface area contributed by atoms with Crippen LogP contribution >= 0.6 is 181 Å². The molecule has 8 atom stereocenters. The molecule has 8 unspecified atom stereocenters. The van der Waals surface area contributed by atoms with Crippen LogP contribution in [-0.4, -0.2) is 279 Å². The van der Waals surface area contributed by atoms with Gasteiger partial charge in [-0.25, -0.2) is 0 Å². The maximum Gasteiger partial charge on any atom is 0.256 e. The molecule has 0 bridgehead atoms. The number of ether oxygens (including phenoxy) is 1. The molecule has 41 heteroatoms. The molecule has 3 aromatic rings. The van der Waals surface area contributed by atoms with Gasteiger partial charge >= 0.3 is 0 Å². The Bertz CT molecular complexity index is 3200. The maximum atomic E-state index is 13.9. The summed E-state index contributed by atoms with van der Waals surface area (Å²) in [6, 6.07) is 0. The zero-order valence-electron chi connectivity index (χ0n) is 50.1. The van der Waals surface area contributed by atoms with E-state index in [-0.39, 0.29) is 137 Å². The number of benzene rings is 3. The summed E-state index contributed by atoms with van der Waals surface area (Å²) in [6.45, 7) is -3.86. The van der Waals surface area contributed by atoms with Crippen LogP contribution in [0.15, 0.2) is 0 Å². The molecule has 0 aliphatic carbocycles. The molecule has 530 valence electrons. The molecule has 4 rings (SSSR count). The predicted molar refractivity (Wildman–Crippen MR) is 405 cm³/mol. The van der Waals surface area contributed by atoms with Gasteiger partial charge < -0.3 is 123 Å². The van der Waals surface area contributed by atoms with E-state index in [0.29, 0.717) is 0 Å². The highest BCUT2D eigenvalue weighted by Gasteiger charge is 2.41. The Morgan fingerprint density at radius 3 is 0.916 bits per heavy atom. The van der Waals surface area contributed by atoms with Gasteiger partial charge in [0.15, 0.2) is 5.75 Å². The Kier molecular flexibility index (Phi) is 38.3. The number of fused-ring (bicyclic) bond motifs is 1. The van der Waals surface area contributed by atoms with E-state index >= 15 is 0 Å². The summed E-state index contributed by atoms with van der Waals surface area (Å²) in [4.78, 5) is 124. The molecule has 0 saturated carbocycles. The molecular formula is C54H69I8N9O24. The minimum Gasteiger partial charge on any atom is -0.484 e. The van der Waals surface area contributed by atoms with E-state index in [2.05, 4.69) is 31.9 Å². The van der Waals surface area contributed by atoms with Crippen LogP contribution in [0.2, 0.25) is 0 Å². The second-order valence-electron chi connectivity index (χ2n) is 20.4.